The van der Waals surface area contributed by atoms with Gasteiger partial charge in [-0.3, -0.25) is 4.79 Å². The van der Waals surface area contributed by atoms with Crippen molar-refractivity contribution in [3.63, 3.8) is 0 Å². The van der Waals surface area contributed by atoms with Gasteiger partial charge in [-0.25, -0.2) is 0 Å². The molecule has 1 N–H and O–H groups in total. The Hall–Kier alpha value is -1.61. The van der Waals surface area contributed by atoms with Gasteiger partial charge in [-0.05, 0) is 18.1 Å². The van der Waals surface area contributed by atoms with Crippen molar-refractivity contribution in [1.29, 1.82) is 0 Å². The number of carbonyl (C=O) groups is 1. The highest BCUT2D eigenvalue weighted by Gasteiger charge is 2.09. The van der Waals surface area contributed by atoms with Gasteiger partial charge in [-0.15, -0.1) is 6.58 Å². The highest BCUT2D eigenvalue weighted by Crippen LogP contribution is 2.09. The monoisotopic (exact) mass is 232 g/mol. The van der Waals surface area contributed by atoms with Crippen LogP contribution in [0.3, 0.4) is 0 Å². The predicted octanol–water partition coefficient (Wildman–Crippen LogP) is 1.73. The first-order chi connectivity index (χ1) is 8.15. The van der Waals surface area contributed by atoms with Crippen molar-refractivity contribution in [2.75, 3.05) is 20.1 Å². The van der Waals surface area contributed by atoms with Crippen LogP contribution in [0.5, 0.6) is 0 Å². The second-order valence-corrected chi connectivity index (χ2v) is 4.10. The van der Waals surface area contributed by atoms with Gasteiger partial charge in [0.2, 0.25) is 5.91 Å². The summed E-state index contributed by atoms with van der Waals surface area (Å²) in [5, 5.41) is 3.01. The summed E-state index contributed by atoms with van der Waals surface area (Å²) in [5.41, 5.74) is 2.40. The van der Waals surface area contributed by atoms with E-state index >= 15 is 0 Å². The van der Waals surface area contributed by atoms with E-state index in [0.29, 0.717) is 19.6 Å². The van der Waals surface area contributed by atoms with Crippen LogP contribution in [-0.2, 0) is 11.3 Å². The van der Waals surface area contributed by atoms with E-state index in [-0.39, 0.29) is 5.91 Å². The van der Waals surface area contributed by atoms with Crippen molar-refractivity contribution < 1.29 is 4.79 Å². The SMILES string of the molecule is C=CCNCC(=O)N(C)Cc1ccccc1C. The second-order valence-electron chi connectivity index (χ2n) is 4.10. The fourth-order valence-electron chi connectivity index (χ4n) is 1.55. The van der Waals surface area contributed by atoms with Crippen LogP contribution in [0, 0.1) is 6.92 Å². The van der Waals surface area contributed by atoms with Crippen LogP contribution in [0.4, 0.5) is 0 Å². The average Bonchev–Trinajstić information content (AvgIpc) is 2.32. The van der Waals surface area contributed by atoms with E-state index in [1.807, 2.05) is 19.2 Å². The Kier molecular flexibility index (Phi) is 5.43. The quantitative estimate of drug-likeness (QED) is 0.598. The van der Waals surface area contributed by atoms with E-state index in [1.165, 1.54) is 11.1 Å². The van der Waals surface area contributed by atoms with Gasteiger partial charge in [0.1, 0.15) is 0 Å². The van der Waals surface area contributed by atoms with Crippen molar-refractivity contribution in [2.24, 2.45) is 0 Å². The first-order valence-corrected chi connectivity index (χ1v) is 5.75. The lowest BCUT2D eigenvalue weighted by molar-refractivity contribution is -0.129. The standard InChI is InChI=1S/C14H20N2O/c1-4-9-15-10-14(17)16(3)11-13-8-6-5-7-12(13)2/h4-8,15H,1,9-11H2,2-3H3. The third-order valence-corrected chi connectivity index (χ3v) is 2.66. The van der Waals surface area contributed by atoms with Gasteiger partial charge in [-0.1, -0.05) is 30.3 Å². The molecule has 0 heterocycles. The van der Waals surface area contributed by atoms with Gasteiger partial charge in [-0.2, -0.15) is 0 Å². The van der Waals surface area contributed by atoms with Gasteiger partial charge < -0.3 is 10.2 Å². The molecule has 1 rings (SSSR count). The summed E-state index contributed by atoms with van der Waals surface area (Å²) in [4.78, 5) is 13.5. The lowest BCUT2D eigenvalue weighted by Crippen LogP contribution is -2.35. The molecule has 0 aromatic heterocycles. The van der Waals surface area contributed by atoms with E-state index < -0.39 is 0 Å². The Morgan fingerprint density at radius 1 is 1.47 bits per heavy atom. The van der Waals surface area contributed by atoms with Gasteiger partial charge in [0.05, 0.1) is 6.54 Å². The Balaban J connectivity index is 2.48. The fourth-order valence-corrected chi connectivity index (χ4v) is 1.55. The summed E-state index contributed by atoms with van der Waals surface area (Å²) in [6.07, 6.45) is 1.74. The molecule has 0 fully saturated rings. The lowest BCUT2D eigenvalue weighted by Gasteiger charge is -2.18. The van der Waals surface area contributed by atoms with Crippen LogP contribution >= 0.6 is 0 Å². The number of benzene rings is 1. The number of hydrogen-bond acceptors (Lipinski definition) is 2. The van der Waals surface area contributed by atoms with E-state index in [4.69, 9.17) is 0 Å². The zero-order valence-corrected chi connectivity index (χ0v) is 10.6. The average molecular weight is 232 g/mol. The molecule has 0 aliphatic carbocycles. The zero-order chi connectivity index (χ0) is 12.7. The minimum absolute atomic E-state index is 0.0927. The third-order valence-electron chi connectivity index (χ3n) is 2.66. The first kappa shape index (κ1) is 13.5. The molecule has 3 nitrogen and oxygen atoms in total. The Labute approximate surface area is 103 Å². The van der Waals surface area contributed by atoms with Crippen LogP contribution in [-0.4, -0.2) is 30.9 Å². The normalized spacial score (nSPS) is 10.0. The summed E-state index contributed by atoms with van der Waals surface area (Å²) < 4.78 is 0. The molecule has 17 heavy (non-hydrogen) atoms. The van der Waals surface area contributed by atoms with Crippen molar-refractivity contribution in [3.05, 3.63) is 48.0 Å². The Morgan fingerprint density at radius 3 is 2.82 bits per heavy atom. The van der Waals surface area contributed by atoms with Crippen molar-refractivity contribution in [1.82, 2.24) is 10.2 Å². The molecular formula is C14H20N2O. The maximum Gasteiger partial charge on any atom is 0.236 e. The maximum absolute atomic E-state index is 11.8. The second kappa shape index (κ2) is 6.86. The molecule has 0 saturated heterocycles. The smallest absolute Gasteiger partial charge is 0.236 e. The summed E-state index contributed by atoms with van der Waals surface area (Å²) in [5.74, 6) is 0.0927. The molecule has 0 spiro atoms. The number of nitrogens with zero attached hydrogens (tertiary/aromatic N) is 1. The highest BCUT2D eigenvalue weighted by atomic mass is 16.2. The minimum Gasteiger partial charge on any atom is -0.340 e. The maximum atomic E-state index is 11.8. The number of nitrogens with one attached hydrogen (secondary N) is 1. The molecule has 0 bridgehead atoms. The molecule has 1 aromatic carbocycles. The molecule has 0 aliphatic rings. The summed E-state index contributed by atoms with van der Waals surface area (Å²) in [6, 6.07) is 8.11. The third kappa shape index (κ3) is 4.41. The topological polar surface area (TPSA) is 32.3 Å². The van der Waals surface area contributed by atoms with Crippen LogP contribution in [0.2, 0.25) is 0 Å². The molecule has 92 valence electrons. The molecule has 0 aliphatic heterocycles. The number of amides is 1. The van der Waals surface area contributed by atoms with Crippen LogP contribution < -0.4 is 5.32 Å². The molecule has 0 saturated carbocycles. The van der Waals surface area contributed by atoms with Crippen LogP contribution in [0.25, 0.3) is 0 Å². The Bertz CT molecular complexity index is 388. The highest BCUT2D eigenvalue weighted by molar-refractivity contribution is 5.78. The summed E-state index contributed by atoms with van der Waals surface area (Å²) >= 11 is 0. The molecular weight excluding hydrogens is 212 g/mol. The van der Waals surface area contributed by atoms with E-state index in [0.717, 1.165) is 0 Å². The minimum atomic E-state index is 0.0927. The molecule has 0 atom stereocenters. The summed E-state index contributed by atoms with van der Waals surface area (Å²) in [6.45, 7) is 7.32. The lowest BCUT2D eigenvalue weighted by atomic mass is 10.1. The zero-order valence-electron chi connectivity index (χ0n) is 10.6. The van der Waals surface area contributed by atoms with Crippen LogP contribution in [0.15, 0.2) is 36.9 Å². The molecule has 1 aromatic rings. The largest absolute Gasteiger partial charge is 0.340 e. The van der Waals surface area contributed by atoms with Crippen molar-refractivity contribution >= 4 is 5.91 Å². The number of aryl methyl sites for hydroxylation is 1. The molecule has 3 heteroatoms. The van der Waals surface area contributed by atoms with Gasteiger partial charge >= 0.3 is 0 Å². The number of rotatable bonds is 6. The fraction of sp³-hybridized carbons (Fsp3) is 0.357. The van der Waals surface area contributed by atoms with Gasteiger partial charge in [0.15, 0.2) is 0 Å². The summed E-state index contributed by atoms with van der Waals surface area (Å²) in [7, 11) is 1.82. The Morgan fingerprint density at radius 2 is 2.18 bits per heavy atom. The number of hydrogen-bond donors (Lipinski definition) is 1. The van der Waals surface area contributed by atoms with E-state index in [1.54, 1.807) is 11.0 Å². The molecule has 0 unspecified atom stereocenters. The predicted molar refractivity (Wildman–Crippen MR) is 70.7 cm³/mol. The van der Waals surface area contributed by atoms with Gasteiger partial charge in [0, 0.05) is 20.1 Å². The van der Waals surface area contributed by atoms with Crippen LogP contribution in [0.1, 0.15) is 11.1 Å². The number of carbonyl (C=O) groups excluding carboxylic acids is 1. The van der Waals surface area contributed by atoms with Gasteiger partial charge in [0.25, 0.3) is 0 Å². The van der Waals surface area contributed by atoms with E-state index in [9.17, 15) is 4.79 Å². The van der Waals surface area contributed by atoms with E-state index in [2.05, 4.69) is 31.0 Å². The van der Waals surface area contributed by atoms with Crippen molar-refractivity contribution in [2.45, 2.75) is 13.5 Å². The molecule has 0 radical (unpaired) electrons. The first-order valence-electron chi connectivity index (χ1n) is 5.75. The van der Waals surface area contributed by atoms with Crippen molar-refractivity contribution in [3.8, 4) is 0 Å². The number of likely N-dealkylation sites (N-methyl/N-ethyl adjacent to an activating group) is 1. The molecule has 1 amide bonds.